The van der Waals surface area contributed by atoms with Gasteiger partial charge in [0.15, 0.2) is 0 Å². The summed E-state index contributed by atoms with van der Waals surface area (Å²) in [7, 11) is 0. The van der Waals surface area contributed by atoms with Crippen LogP contribution in [0.15, 0.2) is 12.1 Å². The number of carbonyl (C=O) groups excluding carboxylic acids is 1. The van der Waals surface area contributed by atoms with Crippen LogP contribution in [0, 0.1) is 6.92 Å². The zero-order valence-electron chi connectivity index (χ0n) is 10.8. The normalized spacial score (nSPS) is 11.6. The number of nitrogens with one attached hydrogen (secondary N) is 2. The lowest BCUT2D eigenvalue weighted by Crippen LogP contribution is -2.44. The van der Waals surface area contributed by atoms with Crippen LogP contribution in [0.5, 0.6) is 0 Å². The van der Waals surface area contributed by atoms with E-state index in [0.717, 1.165) is 0 Å². The summed E-state index contributed by atoms with van der Waals surface area (Å²) in [6, 6.07) is 0.490. The summed E-state index contributed by atoms with van der Waals surface area (Å²) >= 11 is 11.8. The maximum absolute atomic E-state index is 11.7. The van der Waals surface area contributed by atoms with Crippen molar-refractivity contribution in [3.05, 3.63) is 27.7 Å². The predicted molar refractivity (Wildman–Crippen MR) is 77.0 cm³/mol. The molecular formula is C12H12Cl2N2O5. The van der Waals surface area contributed by atoms with Crippen molar-refractivity contribution in [1.29, 1.82) is 0 Å². The molecule has 9 heteroatoms. The van der Waals surface area contributed by atoms with Gasteiger partial charge in [-0.2, -0.15) is 0 Å². The highest BCUT2D eigenvalue weighted by Gasteiger charge is 2.23. The van der Waals surface area contributed by atoms with Crippen LogP contribution in [0.3, 0.4) is 0 Å². The molecule has 0 bridgehead atoms. The van der Waals surface area contributed by atoms with Gasteiger partial charge in [0.1, 0.15) is 6.04 Å². The fourth-order valence-corrected chi connectivity index (χ4v) is 1.86. The van der Waals surface area contributed by atoms with Gasteiger partial charge in [0, 0.05) is 5.02 Å². The number of amides is 2. The molecule has 114 valence electrons. The Hall–Kier alpha value is -1.99. The van der Waals surface area contributed by atoms with E-state index in [0.29, 0.717) is 10.6 Å². The molecule has 0 aliphatic heterocycles. The number of anilines is 1. The van der Waals surface area contributed by atoms with E-state index in [1.165, 1.54) is 12.1 Å². The van der Waals surface area contributed by atoms with Crippen LogP contribution < -0.4 is 10.6 Å². The van der Waals surface area contributed by atoms with Crippen molar-refractivity contribution >= 4 is 46.9 Å². The Morgan fingerprint density at radius 3 is 2.33 bits per heavy atom. The first-order valence-electron chi connectivity index (χ1n) is 5.68. The van der Waals surface area contributed by atoms with Gasteiger partial charge in [-0.1, -0.05) is 23.2 Å². The average Bonchev–Trinajstić information content (AvgIpc) is 2.34. The van der Waals surface area contributed by atoms with Gasteiger partial charge >= 0.3 is 18.0 Å². The minimum atomic E-state index is -1.55. The largest absolute Gasteiger partial charge is 0.481 e. The van der Waals surface area contributed by atoms with Gasteiger partial charge in [-0.3, -0.25) is 4.79 Å². The van der Waals surface area contributed by atoms with E-state index in [1.54, 1.807) is 6.92 Å². The molecule has 1 unspecified atom stereocenters. The number of rotatable bonds is 5. The van der Waals surface area contributed by atoms with Crippen molar-refractivity contribution in [2.75, 3.05) is 5.32 Å². The Morgan fingerprint density at radius 2 is 1.81 bits per heavy atom. The summed E-state index contributed by atoms with van der Waals surface area (Å²) in [5, 5.41) is 22.3. The molecule has 0 aliphatic carbocycles. The number of urea groups is 1. The van der Waals surface area contributed by atoms with E-state index in [9.17, 15) is 14.4 Å². The highest BCUT2D eigenvalue weighted by molar-refractivity contribution is 6.36. The summed E-state index contributed by atoms with van der Waals surface area (Å²) in [4.78, 5) is 33.0. The second-order valence-electron chi connectivity index (χ2n) is 4.17. The summed E-state index contributed by atoms with van der Waals surface area (Å²) in [6.45, 7) is 1.73. The summed E-state index contributed by atoms with van der Waals surface area (Å²) < 4.78 is 0. The third-order valence-corrected chi connectivity index (χ3v) is 3.20. The molecule has 4 N–H and O–H groups in total. The highest BCUT2D eigenvalue weighted by Crippen LogP contribution is 2.28. The number of aliphatic carboxylic acids is 2. The van der Waals surface area contributed by atoms with E-state index in [4.69, 9.17) is 33.4 Å². The Bertz CT molecular complexity index is 591. The van der Waals surface area contributed by atoms with E-state index < -0.39 is 30.4 Å². The molecule has 1 atom stereocenters. The minimum Gasteiger partial charge on any atom is -0.481 e. The number of aryl methyl sites for hydroxylation is 1. The number of carboxylic acid groups (broad SMARTS) is 2. The van der Waals surface area contributed by atoms with Crippen molar-refractivity contribution in [2.45, 2.75) is 19.4 Å². The monoisotopic (exact) mass is 334 g/mol. The number of benzene rings is 1. The third-order valence-electron chi connectivity index (χ3n) is 2.48. The number of hydrogen-bond acceptors (Lipinski definition) is 3. The Kier molecular flexibility index (Phi) is 5.80. The maximum Gasteiger partial charge on any atom is 0.326 e. The van der Waals surface area contributed by atoms with Crippen LogP contribution >= 0.6 is 23.2 Å². The van der Waals surface area contributed by atoms with Gasteiger partial charge in [0.2, 0.25) is 0 Å². The molecule has 2 amide bonds. The Morgan fingerprint density at radius 1 is 1.19 bits per heavy atom. The van der Waals surface area contributed by atoms with Gasteiger partial charge in [-0.15, -0.1) is 0 Å². The van der Waals surface area contributed by atoms with Crippen molar-refractivity contribution in [3.63, 3.8) is 0 Å². The van der Waals surface area contributed by atoms with E-state index >= 15 is 0 Å². The SMILES string of the molecule is Cc1cc(Cl)c(NC(=O)NC(CC(=O)O)C(=O)O)cc1Cl. The van der Waals surface area contributed by atoms with Crippen LogP contribution in [0.2, 0.25) is 10.0 Å². The van der Waals surface area contributed by atoms with Gasteiger partial charge in [0.25, 0.3) is 0 Å². The molecule has 0 fully saturated rings. The van der Waals surface area contributed by atoms with Crippen LogP contribution in [-0.4, -0.2) is 34.2 Å². The first kappa shape index (κ1) is 17.1. The summed E-state index contributed by atoms with van der Waals surface area (Å²) in [5.41, 5.74) is 0.895. The Labute approximate surface area is 129 Å². The fraction of sp³-hybridized carbons (Fsp3) is 0.250. The predicted octanol–water partition coefficient (Wildman–Crippen LogP) is 2.35. The molecule has 0 saturated heterocycles. The van der Waals surface area contributed by atoms with Crippen LogP contribution in [0.1, 0.15) is 12.0 Å². The zero-order chi connectivity index (χ0) is 16.2. The van der Waals surface area contributed by atoms with Crippen molar-refractivity contribution in [2.24, 2.45) is 0 Å². The molecule has 1 aromatic carbocycles. The molecule has 0 spiro atoms. The summed E-state index contributed by atoms with van der Waals surface area (Å²) in [5.74, 6) is -2.81. The van der Waals surface area contributed by atoms with Gasteiger partial charge in [-0.25, -0.2) is 9.59 Å². The van der Waals surface area contributed by atoms with Crippen molar-refractivity contribution < 1.29 is 24.6 Å². The average molecular weight is 335 g/mol. The standard InChI is InChI=1S/C12H12Cl2N2O5/c1-5-2-7(14)8(3-6(5)13)15-12(21)16-9(11(19)20)4-10(17)18/h2-3,9H,4H2,1H3,(H,17,18)(H,19,20)(H2,15,16,21). The number of carbonyl (C=O) groups is 3. The molecule has 0 aliphatic rings. The molecule has 0 saturated carbocycles. The quantitative estimate of drug-likeness (QED) is 0.659. The molecule has 1 aromatic rings. The van der Waals surface area contributed by atoms with Crippen molar-refractivity contribution in [3.8, 4) is 0 Å². The van der Waals surface area contributed by atoms with Crippen molar-refractivity contribution in [1.82, 2.24) is 5.32 Å². The topological polar surface area (TPSA) is 116 Å². The molecule has 0 aromatic heterocycles. The summed E-state index contributed by atoms with van der Waals surface area (Å²) in [6.07, 6.45) is -0.745. The highest BCUT2D eigenvalue weighted by atomic mass is 35.5. The van der Waals surface area contributed by atoms with Crippen LogP contribution in [0.25, 0.3) is 0 Å². The number of halogens is 2. The van der Waals surface area contributed by atoms with E-state index in [2.05, 4.69) is 5.32 Å². The lowest BCUT2D eigenvalue weighted by atomic mass is 10.2. The van der Waals surface area contributed by atoms with E-state index in [-0.39, 0.29) is 10.7 Å². The minimum absolute atomic E-state index is 0.184. The van der Waals surface area contributed by atoms with Gasteiger partial charge < -0.3 is 20.8 Å². The van der Waals surface area contributed by atoms with Gasteiger partial charge in [-0.05, 0) is 24.6 Å². The Balaban J connectivity index is 2.79. The van der Waals surface area contributed by atoms with Crippen LogP contribution in [0.4, 0.5) is 10.5 Å². The lowest BCUT2D eigenvalue weighted by molar-refractivity contribution is -0.145. The fourth-order valence-electron chi connectivity index (χ4n) is 1.43. The smallest absolute Gasteiger partial charge is 0.326 e. The number of hydrogen-bond donors (Lipinski definition) is 4. The van der Waals surface area contributed by atoms with Gasteiger partial charge in [0.05, 0.1) is 17.1 Å². The molecule has 0 heterocycles. The first-order valence-corrected chi connectivity index (χ1v) is 6.44. The number of carboxylic acids is 2. The first-order chi connectivity index (χ1) is 9.70. The second kappa shape index (κ2) is 7.14. The van der Waals surface area contributed by atoms with Crippen LogP contribution in [-0.2, 0) is 9.59 Å². The molecular weight excluding hydrogens is 323 g/mol. The lowest BCUT2D eigenvalue weighted by Gasteiger charge is -2.14. The molecule has 0 radical (unpaired) electrons. The molecule has 1 rings (SSSR count). The second-order valence-corrected chi connectivity index (χ2v) is 4.98. The third kappa shape index (κ3) is 5.13. The van der Waals surface area contributed by atoms with E-state index in [1.807, 2.05) is 5.32 Å². The molecule has 7 nitrogen and oxygen atoms in total. The zero-order valence-corrected chi connectivity index (χ0v) is 12.3. The maximum atomic E-state index is 11.7. The molecule has 21 heavy (non-hydrogen) atoms.